The Hall–Kier alpha value is -0.130. The second-order valence-corrected chi connectivity index (χ2v) is 5.87. The molecule has 0 unspecified atom stereocenters. The summed E-state index contributed by atoms with van der Waals surface area (Å²) in [6.45, 7) is 2.08. The van der Waals surface area contributed by atoms with Gasteiger partial charge < -0.3 is 5.32 Å². The van der Waals surface area contributed by atoms with E-state index < -0.39 is 0 Å². The molecular weight excluding hydrogens is 330 g/mol. The molecule has 1 heterocycles. The summed E-state index contributed by atoms with van der Waals surface area (Å²) < 4.78 is 2.14. The number of rotatable bonds is 3. The fraction of sp³-hybridized carbons (Fsp3) is 0.222. The van der Waals surface area contributed by atoms with Gasteiger partial charge in [-0.05, 0) is 44.0 Å². The Morgan fingerprint density at radius 1 is 1.64 bits per heavy atom. The van der Waals surface area contributed by atoms with E-state index in [1.807, 2.05) is 18.2 Å². The van der Waals surface area contributed by atoms with Gasteiger partial charge in [0.25, 0.3) is 0 Å². The largest absolute Gasteiger partial charge is 0.353 e. The first-order chi connectivity index (χ1) is 6.59. The average molecular weight is 339 g/mol. The van der Waals surface area contributed by atoms with Gasteiger partial charge in [0.15, 0.2) is 0 Å². The summed E-state index contributed by atoms with van der Waals surface area (Å²) in [4.78, 5) is 11.7. The molecule has 0 bridgehead atoms. The van der Waals surface area contributed by atoms with Crippen molar-refractivity contribution in [2.75, 3.05) is 6.54 Å². The molecule has 0 atom stereocenters. The molecule has 0 spiro atoms. The van der Waals surface area contributed by atoms with Crippen LogP contribution in [-0.2, 0) is 4.79 Å². The van der Waals surface area contributed by atoms with Crippen LogP contribution in [0.1, 0.15) is 11.8 Å². The van der Waals surface area contributed by atoms with Crippen molar-refractivity contribution in [3.63, 3.8) is 0 Å². The lowest BCUT2D eigenvalue weighted by Crippen LogP contribution is -2.19. The minimum atomic E-state index is -0.0109. The molecule has 76 valence electrons. The molecule has 1 amide bonds. The van der Waals surface area contributed by atoms with Crippen molar-refractivity contribution in [3.8, 4) is 0 Å². The van der Waals surface area contributed by atoms with Crippen molar-refractivity contribution in [2.45, 2.75) is 6.92 Å². The Balaban J connectivity index is 2.48. The number of carbonyl (C=O) groups excluding carboxylic acids is 1. The van der Waals surface area contributed by atoms with Crippen molar-refractivity contribution in [3.05, 3.63) is 25.3 Å². The van der Waals surface area contributed by atoms with Crippen molar-refractivity contribution >= 4 is 55.2 Å². The molecule has 1 N–H and O–H groups in total. The molecule has 1 aromatic heterocycles. The summed E-state index contributed by atoms with van der Waals surface area (Å²) in [5, 5.41) is 2.69. The van der Waals surface area contributed by atoms with E-state index in [4.69, 9.17) is 0 Å². The van der Waals surface area contributed by atoms with Gasteiger partial charge in [-0.25, -0.2) is 0 Å². The molecule has 0 aliphatic carbocycles. The number of carbonyl (C=O) groups is 1. The Morgan fingerprint density at radius 2 is 2.36 bits per heavy atom. The standard InChI is InChI=1S/C9H9Br2NOS/c1-6(13)12-4-2-3-7-5-8(10)9(11)14-7/h2-3,5H,4H2,1H3,(H,12,13). The molecule has 0 fully saturated rings. The van der Waals surface area contributed by atoms with Crippen LogP contribution in [-0.4, -0.2) is 12.5 Å². The Labute approximate surface area is 104 Å². The smallest absolute Gasteiger partial charge is 0.217 e. The van der Waals surface area contributed by atoms with E-state index in [1.165, 1.54) is 6.92 Å². The van der Waals surface area contributed by atoms with Crippen LogP contribution in [0.5, 0.6) is 0 Å². The summed E-state index contributed by atoms with van der Waals surface area (Å²) in [6.07, 6.45) is 3.90. The first kappa shape index (κ1) is 11.9. The maximum Gasteiger partial charge on any atom is 0.217 e. The van der Waals surface area contributed by atoms with Crippen LogP contribution in [0.15, 0.2) is 20.4 Å². The molecule has 0 radical (unpaired) electrons. The lowest BCUT2D eigenvalue weighted by molar-refractivity contribution is -0.118. The highest BCUT2D eigenvalue weighted by atomic mass is 79.9. The highest BCUT2D eigenvalue weighted by Gasteiger charge is 2.00. The Morgan fingerprint density at radius 3 is 2.86 bits per heavy atom. The molecular formula is C9H9Br2NOS. The van der Waals surface area contributed by atoms with Crippen LogP contribution in [0.4, 0.5) is 0 Å². The number of hydrogen-bond donors (Lipinski definition) is 1. The number of nitrogens with one attached hydrogen (secondary N) is 1. The minimum absolute atomic E-state index is 0.0109. The molecule has 0 aromatic carbocycles. The van der Waals surface area contributed by atoms with Crippen LogP contribution >= 0.6 is 43.2 Å². The minimum Gasteiger partial charge on any atom is -0.353 e. The third-order valence-electron chi connectivity index (χ3n) is 1.42. The number of hydrogen-bond acceptors (Lipinski definition) is 2. The van der Waals surface area contributed by atoms with Gasteiger partial charge in [-0.3, -0.25) is 4.79 Å². The highest BCUT2D eigenvalue weighted by molar-refractivity contribution is 9.13. The zero-order valence-electron chi connectivity index (χ0n) is 7.51. The van der Waals surface area contributed by atoms with Gasteiger partial charge in [-0.1, -0.05) is 6.08 Å². The zero-order chi connectivity index (χ0) is 10.6. The molecule has 2 nitrogen and oxygen atoms in total. The van der Waals surface area contributed by atoms with Crippen molar-refractivity contribution in [1.82, 2.24) is 5.32 Å². The van der Waals surface area contributed by atoms with Gasteiger partial charge in [0.1, 0.15) is 0 Å². The summed E-state index contributed by atoms with van der Waals surface area (Å²) in [7, 11) is 0. The summed E-state index contributed by atoms with van der Waals surface area (Å²) >= 11 is 8.47. The van der Waals surface area contributed by atoms with Crippen molar-refractivity contribution in [1.29, 1.82) is 0 Å². The highest BCUT2D eigenvalue weighted by Crippen LogP contribution is 2.32. The second kappa shape index (κ2) is 5.68. The first-order valence-corrected chi connectivity index (χ1v) is 6.35. The fourth-order valence-corrected chi connectivity index (χ4v) is 2.84. The zero-order valence-corrected chi connectivity index (χ0v) is 11.5. The van der Waals surface area contributed by atoms with E-state index >= 15 is 0 Å². The van der Waals surface area contributed by atoms with E-state index in [9.17, 15) is 4.79 Å². The van der Waals surface area contributed by atoms with E-state index in [-0.39, 0.29) is 5.91 Å². The van der Waals surface area contributed by atoms with Crippen LogP contribution in [0, 0.1) is 0 Å². The Bertz CT molecular complexity index is 340. The normalized spacial score (nSPS) is 10.8. The number of thiophene rings is 1. The van der Waals surface area contributed by atoms with Gasteiger partial charge in [0.2, 0.25) is 5.91 Å². The third kappa shape index (κ3) is 3.94. The molecule has 1 rings (SSSR count). The quantitative estimate of drug-likeness (QED) is 0.898. The molecule has 0 saturated heterocycles. The topological polar surface area (TPSA) is 29.1 Å². The number of amides is 1. The van der Waals surface area contributed by atoms with Crippen molar-refractivity contribution < 1.29 is 4.79 Å². The summed E-state index contributed by atoms with van der Waals surface area (Å²) in [6, 6.07) is 2.03. The SMILES string of the molecule is CC(=O)NCC=Cc1cc(Br)c(Br)s1. The molecule has 0 saturated carbocycles. The summed E-state index contributed by atoms with van der Waals surface area (Å²) in [5.74, 6) is -0.0109. The van der Waals surface area contributed by atoms with Crippen LogP contribution in [0.25, 0.3) is 6.08 Å². The summed E-state index contributed by atoms with van der Waals surface area (Å²) in [5.41, 5.74) is 0. The third-order valence-corrected chi connectivity index (χ3v) is 4.64. The lowest BCUT2D eigenvalue weighted by atomic mass is 10.4. The fourth-order valence-electron chi connectivity index (χ4n) is 0.823. The van der Waals surface area contributed by atoms with E-state index in [0.717, 1.165) is 13.1 Å². The molecule has 1 aromatic rings. The first-order valence-electron chi connectivity index (χ1n) is 3.95. The predicted molar refractivity (Wildman–Crippen MR) is 67.4 cm³/mol. The molecule has 0 aliphatic rings. The van der Waals surface area contributed by atoms with Gasteiger partial charge in [-0.15, -0.1) is 11.3 Å². The van der Waals surface area contributed by atoms with Gasteiger partial charge in [0, 0.05) is 22.8 Å². The molecule has 14 heavy (non-hydrogen) atoms. The van der Waals surface area contributed by atoms with Gasteiger partial charge in [-0.2, -0.15) is 0 Å². The molecule has 0 aliphatic heterocycles. The van der Waals surface area contributed by atoms with E-state index in [2.05, 4.69) is 37.2 Å². The van der Waals surface area contributed by atoms with Gasteiger partial charge >= 0.3 is 0 Å². The molecule has 5 heteroatoms. The van der Waals surface area contributed by atoms with Crippen LogP contribution in [0.2, 0.25) is 0 Å². The van der Waals surface area contributed by atoms with Crippen LogP contribution in [0.3, 0.4) is 0 Å². The van der Waals surface area contributed by atoms with E-state index in [1.54, 1.807) is 11.3 Å². The maximum atomic E-state index is 10.6. The lowest BCUT2D eigenvalue weighted by Gasteiger charge is -1.93. The second-order valence-electron chi connectivity index (χ2n) is 2.61. The van der Waals surface area contributed by atoms with E-state index in [0.29, 0.717) is 6.54 Å². The predicted octanol–water partition coefficient (Wildman–Crippen LogP) is 3.42. The number of halogens is 2. The van der Waals surface area contributed by atoms with Crippen molar-refractivity contribution in [2.24, 2.45) is 0 Å². The Kier molecular flexibility index (Phi) is 4.84. The van der Waals surface area contributed by atoms with Gasteiger partial charge in [0.05, 0.1) is 3.79 Å². The monoisotopic (exact) mass is 337 g/mol. The average Bonchev–Trinajstić information content (AvgIpc) is 2.40. The van der Waals surface area contributed by atoms with Crippen LogP contribution < -0.4 is 5.32 Å². The maximum absolute atomic E-state index is 10.6.